The van der Waals surface area contributed by atoms with Gasteiger partial charge in [0.15, 0.2) is 22.5 Å². The molecular weight excluding hydrogens is 474 g/mol. The van der Waals surface area contributed by atoms with E-state index < -0.39 is 40.5 Å². The first-order chi connectivity index (χ1) is 16.1. The van der Waals surface area contributed by atoms with Crippen molar-refractivity contribution in [2.24, 2.45) is 0 Å². The van der Waals surface area contributed by atoms with Gasteiger partial charge >= 0.3 is 0 Å². The van der Waals surface area contributed by atoms with Crippen molar-refractivity contribution in [2.45, 2.75) is 6.92 Å². The third-order valence-electron chi connectivity index (χ3n) is 4.65. The van der Waals surface area contributed by atoms with Crippen LogP contribution in [0.3, 0.4) is 0 Å². The SMILES string of the molecule is COc1c(F)c(F)c(C(=O)NC(=S)Nc2ccc(NC(=O)c3ccccc3)c(C)c2)c(F)c1F. The molecule has 0 saturated heterocycles. The lowest BCUT2D eigenvalue weighted by molar-refractivity contribution is 0.0965. The van der Waals surface area contributed by atoms with Gasteiger partial charge in [0, 0.05) is 16.9 Å². The molecule has 34 heavy (non-hydrogen) atoms. The average molecular weight is 491 g/mol. The highest BCUT2D eigenvalue weighted by molar-refractivity contribution is 7.80. The second-order valence-corrected chi connectivity index (χ2v) is 7.33. The Morgan fingerprint density at radius 1 is 0.853 bits per heavy atom. The number of thiocarbonyl (C=S) groups is 1. The van der Waals surface area contributed by atoms with Gasteiger partial charge in [0.25, 0.3) is 11.8 Å². The first-order valence-electron chi connectivity index (χ1n) is 9.63. The molecule has 0 spiro atoms. The summed E-state index contributed by atoms with van der Waals surface area (Å²) in [5, 5.41) is 6.95. The predicted octanol–water partition coefficient (Wildman–Crippen LogP) is 4.94. The standard InChI is InChI=1S/C23H17F4N3O3S/c1-11-10-13(8-9-14(11)29-21(31)12-6-4-3-5-7-12)28-23(34)30-22(32)15-16(24)18(26)20(33-2)19(27)17(15)25/h3-10H,1-2H3,(H,29,31)(H2,28,30,32,34). The Morgan fingerprint density at radius 2 is 1.47 bits per heavy atom. The molecule has 0 aliphatic carbocycles. The van der Waals surface area contributed by atoms with E-state index >= 15 is 0 Å². The van der Waals surface area contributed by atoms with Crippen molar-refractivity contribution in [3.8, 4) is 5.75 Å². The van der Waals surface area contributed by atoms with Gasteiger partial charge in [0.05, 0.1) is 7.11 Å². The van der Waals surface area contributed by atoms with Crippen molar-refractivity contribution < 1.29 is 31.9 Å². The maximum absolute atomic E-state index is 14.1. The van der Waals surface area contributed by atoms with Crippen molar-refractivity contribution in [2.75, 3.05) is 17.7 Å². The van der Waals surface area contributed by atoms with Gasteiger partial charge in [0.2, 0.25) is 11.6 Å². The van der Waals surface area contributed by atoms with Gasteiger partial charge in [-0.2, -0.15) is 8.78 Å². The molecule has 0 radical (unpaired) electrons. The number of carbonyl (C=O) groups excluding carboxylic acids is 2. The van der Waals surface area contributed by atoms with Crippen LogP contribution in [0.15, 0.2) is 48.5 Å². The van der Waals surface area contributed by atoms with Crippen LogP contribution >= 0.6 is 12.2 Å². The number of benzene rings is 3. The lowest BCUT2D eigenvalue weighted by atomic mass is 10.1. The normalized spacial score (nSPS) is 10.4. The number of methoxy groups -OCH3 is 1. The fourth-order valence-electron chi connectivity index (χ4n) is 2.98. The molecule has 2 amide bonds. The van der Waals surface area contributed by atoms with E-state index in [1.165, 1.54) is 6.07 Å². The quantitative estimate of drug-likeness (QED) is 0.268. The van der Waals surface area contributed by atoms with Crippen molar-refractivity contribution >= 4 is 40.5 Å². The number of hydrogen-bond acceptors (Lipinski definition) is 4. The molecule has 0 saturated carbocycles. The van der Waals surface area contributed by atoms with Gasteiger partial charge in [-0.25, -0.2) is 8.78 Å². The van der Waals surface area contributed by atoms with E-state index in [-0.39, 0.29) is 11.0 Å². The summed E-state index contributed by atoms with van der Waals surface area (Å²) in [6, 6.07) is 13.3. The second-order valence-electron chi connectivity index (χ2n) is 6.92. The fourth-order valence-corrected chi connectivity index (χ4v) is 3.19. The van der Waals surface area contributed by atoms with Crippen LogP contribution in [0.25, 0.3) is 0 Å². The smallest absolute Gasteiger partial charge is 0.263 e. The summed E-state index contributed by atoms with van der Waals surface area (Å²) < 4.78 is 60.2. The number of nitrogens with one attached hydrogen (secondary N) is 3. The van der Waals surface area contributed by atoms with E-state index in [2.05, 4.69) is 15.4 Å². The number of halogens is 4. The van der Waals surface area contributed by atoms with Crippen molar-refractivity contribution in [3.05, 3.63) is 88.5 Å². The highest BCUT2D eigenvalue weighted by Crippen LogP contribution is 2.29. The van der Waals surface area contributed by atoms with Crippen LogP contribution in [-0.4, -0.2) is 24.0 Å². The number of aryl methyl sites for hydroxylation is 1. The van der Waals surface area contributed by atoms with Crippen LogP contribution in [0, 0.1) is 30.2 Å². The molecule has 0 heterocycles. The van der Waals surface area contributed by atoms with Gasteiger partial charge < -0.3 is 15.4 Å². The van der Waals surface area contributed by atoms with E-state index in [1.807, 2.05) is 5.32 Å². The lowest BCUT2D eigenvalue weighted by Crippen LogP contribution is -2.35. The molecule has 0 aromatic heterocycles. The Bertz CT molecular complexity index is 1260. The number of carbonyl (C=O) groups is 2. The molecule has 3 rings (SSSR count). The molecule has 0 aliphatic heterocycles. The average Bonchev–Trinajstić information content (AvgIpc) is 2.80. The zero-order valence-corrected chi connectivity index (χ0v) is 18.6. The van der Waals surface area contributed by atoms with Crippen LogP contribution in [0.1, 0.15) is 26.3 Å². The molecule has 3 N–H and O–H groups in total. The Labute approximate surface area is 196 Å². The minimum absolute atomic E-state index is 0.310. The van der Waals surface area contributed by atoms with Gasteiger partial charge in [-0.15, -0.1) is 0 Å². The van der Waals surface area contributed by atoms with Crippen LogP contribution < -0.4 is 20.7 Å². The zero-order valence-electron chi connectivity index (χ0n) is 17.8. The second kappa shape index (κ2) is 10.3. The fraction of sp³-hybridized carbons (Fsp3) is 0.0870. The molecule has 6 nitrogen and oxygen atoms in total. The maximum atomic E-state index is 14.1. The summed E-state index contributed by atoms with van der Waals surface area (Å²) in [7, 11) is 0.819. The van der Waals surface area contributed by atoms with Crippen LogP contribution in [0.4, 0.5) is 28.9 Å². The van der Waals surface area contributed by atoms with Gasteiger partial charge in [0.1, 0.15) is 5.56 Å². The first-order valence-corrected chi connectivity index (χ1v) is 10.0. The third-order valence-corrected chi connectivity index (χ3v) is 4.85. The summed E-state index contributed by atoms with van der Waals surface area (Å²) in [4.78, 5) is 24.5. The Hall–Kier alpha value is -3.99. The molecule has 0 fully saturated rings. The monoisotopic (exact) mass is 491 g/mol. The first kappa shape index (κ1) is 24.6. The zero-order chi connectivity index (χ0) is 25.0. The Morgan fingerprint density at radius 3 is 2.03 bits per heavy atom. The molecule has 0 atom stereocenters. The summed E-state index contributed by atoms with van der Waals surface area (Å²) in [6.45, 7) is 1.71. The molecule has 0 aliphatic rings. The van der Waals surface area contributed by atoms with Crippen molar-refractivity contribution in [1.29, 1.82) is 0 Å². The summed E-state index contributed by atoms with van der Waals surface area (Å²) >= 11 is 4.95. The molecule has 176 valence electrons. The molecule has 0 bridgehead atoms. The van der Waals surface area contributed by atoms with Crippen LogP contribution in [-0.2, 0) is 0 Å². The van der Waals surface area contributed by atoms with E-state index in [0.29, 0.717) is 22.5 Å². The van der Waals surface area contributed by atoms with Gasteiger partial charge in [-0.1, -0.05) is 18.2 Å². The minimum Gasteiger partial charge on any atom is -0.491 e. The summed E-state index contributed by atoms with van der Waals surface area (Å²) in [6.07, 6.45) is 0. The molecule has 0 unspecified atom stereocenters. The lowest BCUT2D eigenvalue weighted by Gasteiger charge is -2.14. The summed E-state index contributed by atoms with van der Waals surface area (Å²) in [5.41, 5.74) is 0.505. The number of anilines is 2. The predicted molar refractivity (Wildman–Crippen MR) is 122 cm³/mol. The van der Waals surface area contributed by atoms with Crippen LogP contribution in [0.2, 0.25) is 0 Å². The van der Waals surface area contributed by atoms with E-state index in [9.17, 15) is 27.2 Å². The van der Waals surface area contributed by atoms with Crippen molar-refractivity contribution in [3.63, 3.8) is 0 Å². The number of ether oxygens (including phenoxy) is 1. The molecule has 3 aromatic rings. The van der Waals surface area contributed by atoms with Crippen molar-refractivity contribution in [1.82, 2.24) is 5.32 Å². The minimum atomic E-state index is -1.93. The highest BCUT2D eigenvalue weighted by atomic mass is 32.1. The van der Waals surface area contributed by atoms with Gasteiger partial charge in [-0.05, 0) is 55.0 Å². The molecular formula is C23H17F4N3O3S. The highest BCUT2D eigenvalue weighted by Gasteiger charge is 2.30. The number of rotatable bonds is 5. The Kier molecular flexibility index (Phi) is 7.47. The third kappa shape index (κ3) is 5.15. The van der Waals surface area contributed by atoms with E-state index in [0.717, 1.165) is 7.11 Å². The Balaban J connectivity index is 1.70. The topological polar surface area (TPSA) is 79.5 Å². The molecule has 11 heteroatoms. The number of hydrogen-bond donors (Lipinski definition) is 3. The van der Waals surface area contributed by atoms with E-state index in [4.69, 9.17) is 12.2 Å². The summed E-state index contributed by atoms with van der Waals surface area (Å²) in [5.74, 6) is -10.7. The van der Waals surface area contributed by atoms with Gasteiger partial charge in [-0.3, -0.25) is 14.9 Å². The number of amides is 2. The maximum Gasteiger partial charge on any atom is 0.263 e. The largest absolute Gasteiger partial charge is 0.491 e. The molecule has 3 aromatic carbocycles. The van der Waals surface area contributed by atoms with E-state index in [1.54, 1.807) is 49.4 Å². The van der Waals surface area contributed by atoms with Crippen LogP contribution in [0.5, 0.6) is 5.75 Å².